The second kappa shape index (κ2) is 6.68. The summed E-state index contributed by atoms with van der Waals surface area (Å²) in [6, 6.07) is 3.13. The molecule has 0 unspecified atom stereocenters. The number of esters is 1. The van der Waals surface area contributed by atoms with Gasteiger partial charge in [-0.05, 0) is 46.8 Å². The van der Waals surface area contributed by atoms with Gasteiger partial charge in [0.05, 0.1) is 17.8 Å². The molecule has 7 nitrogen and oxygen atoms in total. The third kappa shape index (κ3) is 3.97. The first kappa shape index (κ1) is 18.1. The highest BCUT2D eigenvalue weighted by molar-refractivity contribution is 6.30. The molecule has 8 heteroatoms. The van der Waals surface area contributed by atoms with E-state index in [1.165, 1.54) is 10.6 Å². The summed E-state index contributed by atoms with van der Waals surface area (Å²) < 4.78 is 11.7. The first-order valence-electron chi connectivity index (χ1n) is 7.48. The maximum Gasteiger partial charge on any atom is 0.412 e. The van der Waals surface area contributed by atoms with E-state index < -0.39 is 17.7 Å². The van der Waals surface area contributed by atoms with Gasteiger partial charge >= 0.3 is 12.1 Å². The normalized spacial score (nSPS) is 11.4. The Kier molecular flexibility index (Phi) is 5.03. The lowest BCUT2D eigenvalue weighted by molar-refractivity contribution is 0.0527. The van der Waals surface area contributed by atoms with Gasteiger partial charge in [0.25, 0.3) is 0 Å². The molecule has 0 fully saturated rings. The molecule has 130 valence electrons. The maximum absolute atomic E-state index is 12.1. The van der Waals surface area contributed by atoms with Gasteiger partial charge < -0.3 is 9.47 Å². The van der Waals surface area contributed by atoms with Crippen molar-refractivity contribution in [3.8, 4) is 0 Å². The highest BCUT2D eigenvalue weighted by atomic mass is 35.5. The lowest BCUT2D eigenvalue weighted by Gasteiger charge is -2.19. The van der Waals surface area contributed by atoms with E-state index in [0.29, 0.717) is 22.5 Å². The van der Waals surface area contributed by atoms with Crippen molar-refractivity contribution < 1.29 is 19.1 Å². The monoisotopic (exact) mass is 353 g/mol. The molecular weight excluding hydrogens is 334 g/mol. The van der Waals surface area contributed by atoms with Gasteiger partial charge in [-0.15, -0.1) is 0 Å². The summed E-state index contributed by atoms with van der Waals surface area (Å²) in [6.45, 7) is 8.96. The summed E-state index contributed by atoms with van der Waals surface area (Å²) in [5, 5.41) is 7.08. The van der Waals surface area contributed by atoms with Crippen LogP contribution >= 0.6 is 11.6 Å². The molecule has 0 saturated heterocycles. The van der Waals surface area contributed by atoms with Gasteiger partial charge in [0.15, 0.2) is 0 Å². The second-order valence-electron chi connectivity index (χ2n) is 6.17. The molecular formula is C16H20ClN3O4. The molecule has 1 amide bonds. The van der Waals surface area contributed by atoms with Crippen LogP contribution < -0.4 is 5.32 Å². The zero-order valence-corrected chi connectivity index (χ0v) is 15.0. The number of ether oxygens (including phenoxy) is 2. The smallest absolute Gasteiger partial charge is 0.412 e. The van der Waals surface area contributed by atoms with Crippen molar-refractivity contribution in [3.05, 3.63) is 28.5 Å². The highest BCUT2D eigenvalue weighted by Crippen LogP contribution is 2.25. The minimum Gasteiger partial charge on any atom is -0.462 e. The SMILES string of the molecule is CCOC(=O)c1c(C)nn2c(Cl)cc(NC(=O)OC(C)(C)C)cc12. The van der Waals surface area contributed by atoms with Crippen LogP contribution in [0.25, 0.3) is 5.52 Å². The van der Waals surface area contributed by atoms with Crippen LogP contribution in [-0.4, -0.2) is 33.9 Å². The number of fused-ring (bicyclic) bond motifs is 1. The predicted molar refractivity (Wildman–Crippen MR) is 90.8 cm³/mol. The van der Waals surface area contributed by atoms with Crippen LogP contribution in [0.2, 0.25) is 5.15 Å². The molecule has 2 aromatic heterocycles. The molecule has 0 aliphatic heterocycles. The van der Waals surface area contributed by atoms with Gasteiger partial charge in [0.1, 0.15) is 16.3 Å². The van der Waals surface area contributed by atoms with E-state index in [-0.39, 0.29) is 11.8 Å². The number of hydrogen-bond donors (Lipinski definition) is 1. The Hall–Kier alpha value is -2.28. The van der Waals surface area contributed by atoms with Crippen LogP contribution in [-0.2, 0) is 9.47 Å². The van der Waals surface area contributed by atoms with E-state index in [1.54, 1.807) is 40.7 Å². The van der Waals surface area contributed by atoms with Gasteiger partial charge in [-0.3, -0.25) is 5.32 Å². The van der Waals surface area contributed by atoms with Crippen LogP contribution in [0, 0.1) is 6.92 Å². The lowest BCUT2D eigenvalue weighted by atomic mass is 10.2. The van der Waals surface area contributed by atoms with E-state index in [2.05, 4.69) is 10.4 Å². The van der Waals surface area contributed by atoms with Crippen LogP contribution in [0.3, 0.4) is 0 Å². The second-order valence-corrected chi connectivity index (χ2v) is 6.56. The third-order valence-corrected chi connectivity index (χ3v) is 3.26. The molecule has 0 aliphatic carbocycles. The first-order valence-corrected chi connectivity index (χ1v) is 7.86. The quantitative estimate of drug-likeness (QED) is 0.670. The number of aromatic nitrogens is 2. The fraction of sp³-hybridized carbons (Fsp3) is 0.438. The number of amides is 1. The molecule has 2 aromatic rings. The average molecular weight is 354 g/mol. The van der Waals surface area contributed by atoms with Crippen molar-refractivity contribution >= 4 is 34.9 Å². The summed E-state index contributed by atoms with van der Waals surface area (Å²) in [5.74, 6) is -0.490. The lowest BCUT2D eigenvalue weighted by Crippen LogP contribution is -2.27. The molecule has 0 radical (unpaired) electrons. The molecule has 0 aromatic carbocycles. The number of nitrogens with one attached hydrogen (secondary N) is 1. The molecule has 0 atom stereocenters. The Balaban J connectivity index is 2.42. The van der Waals surface area contributed by atoms with Crippen molar-refractivity contribution in [2.45, 2.75) is 40.2 Å². The van der Waals surface area contributed by atoms with E-state index in [1.807, 2.05) is 0 Å². The number of rotatable bonds is 3. The van der Waals surface area contributed by atoms with E-state index >= 15 is 0 Å². The molecule has 0 aliphatic rings. The molecule has 0 bridgehead atoms. The van der Waals surface area contributed by atoms with Crippen molar-refractivity contribution in [2.75, 3.05) is 11.9 Å². The Morgan fingerprint density at radius 1 is 1.33 bits per heavy atom. The molecule has 24 heavy (non-hydrogen) atoms. The number of pyridine rings is 1. The minimum atomic E-state index is -0.624. The van der Waals surface area contributed by atoms with Gasteiger partial charge in [0.2, 0.25) is 0 Å². The predicted octanol–water partition coefficient (Wildman–Crippen LogP) is 3.82. The van der Waals surface area contributed by atoms with Gasteiger partial charge in [-0.25, -0.2) is 14.1 Å². The third-order valence-electron chi connectivity index (χ3n) is 2.99. The summed E-state index contributed by atoms with van der Waals surface area (Å²) in [4.78, 5) is 24.1. The number of aryl methyl sites for hydroxylation is 1. The van der Waals surface area contributed by atoms with Crippen LogP contribution in [0.4, 0.5) is 10.5 Å². The summed E-state index contributed by atoms with van der Waals surface area (Å²) in [5.41, 5.74) is 1.02. The Morgan fingerprint density at radius 3 is 2.58 bits per heavy atom. The number of anilines is 1. The number of hydrogen-bond acceptors (Lipinski definition) is 5. The molecule has 0 spiro atoms. The Morgan fingerprint density at radius 2 is 2.00 bits per heavy atom. The fourth-order valence-corrected chi connectivity index (χ4v) is 2.42. The van der Waals surface area contributed by atoms with Crippen LogP contribution in [0.1, 0.15) is 43.7 Å². The van der Waals surface area contributed by atoms with E-state index in [9.17, 15) is 9.59 Å². The van der Waals surface area contributed by atoms with Crippen molar-refractivity contribution in [3.63, 3.8) is 0 Å². The minimum absolute atomic E-state index is 0.247. The Labute approximate surface area is 144 Å². The topological polar surface area (TPSA) is 81.9 Å². The fourth-order valence-electron chi connectivity index (χ4n) is 2.17. The summed E-state index contributed by atoms with van der Waals surface area (Å²) >= 11 is 6.20. The zero-order valence-electron chi connectivity index (χ0n) is 14.3. The Bertz CT molecular complexity index is 793. The van der Waals surface area contributed by atoms with Gasteiger partial charge in [0, 0.05) is 5.69 Å². The molecule has 0 saturated carbocycles. The van der Waals surface area contributed by atoms with Crippen molar-refractivity contribution in [1.82, 2.24) is 9.61 Å². The largest absolute Gasteiger partial charge is 0.462 e. The standard InChI is InChI=1S/C16H20ClN3O4/c1-6-23-14(21)13-9(2)19-20-11(13)7-10(8-12(20)17)18-15(22)24-16(3,4)5/h7-8H,6H2,1-5H3,(H,18,22). The average Bonchev–Trinajstić information content (AvgIpc) is 2.73. The number of halogens is 1. The van der Waals surface area contributed by atoms with Gasteiger partial charge in [-0.2, -0.15) is 5.10 Å². The number of nitrogens with zero attached hydrogens (tertiary/aromatic N) is 2. The molecule has 2 heterocycles. The van der Waals surface area contributed by atoms with E-state index in [0.717, 1.165) is 0 Å². The van der Waals surface area contributed by atoms with Crippen LogP contribution in [0.5, 0.6) is 0 Å². The van der Waals surface area contributed by atoms with Crippen LogP contribution in [0.15, 0.2) is 12.1 Å². The zero-order chi connectivity index (χ0) is 18.1. The first-order chi connectivity index (χ1) is 11.1. The molecule has 2 rings (SSSR count). The van der Waals surface area contributed by atoms with Crippen molar-refractivity contribution in [2.24, 2.45) is 0 Å². The number of carbonyl (C=O) groups excluding carboxylic acids is 2. The summed E-state index contributed by atoms with van der Waals surface area (Å²) in [6.07, 6.45) is -0.614. The number of carbonyl (C=O) groups is 2. The highest BCUT2D eigenvalue weighted by Gasteiger charge is 2.21. The summed E-state index contributed by atoms with van der Waals surface area (Å²) in [7, 11) is 0. The maximum atomic E-state index is 12.1. The van der Waals surface area contributed by atoms with Crippen molar-refractivity contribution in [1.29, 1.82) is 0 Å². The molecule has 1 N–H and O–H groups in total. The van der Waals surface area contributed by atoms with E-state index in [4.69, 9.17) is 21.1 Å². The van der Waals surface area contributed by atoms with Gasteiger partial charge in [-0.1, -0.05) is 11.6 Å².